The number of para-hydroxylation sites is 1. The highest BCUT2D eigenvalue weighted by Crippen LogP contribution is 2.41. The van der Waals surface area contributed by atoms with Crippen LogP contribution in [0, 0.1) is 5.82 Å². The summed E-state index contributed by atoms with van der Waals surface area (Å²) in [6.07, 6.45) is 3.13. The van der Waals surface area contributed by atoms with Gasteiger partial charge in [-0.3, -0.25) is 9.20 Å². The van der Waals surface area contributed by atoms with Crippen molar-refractivity contribution in [2.45, 2.75) is 6.04 Å². The van der Waals surface area contributed by atoms with E-state index in [0.29, 0.717) is 28.9 Å². The highest BCUT2D eigenvalue weighted by molar-refractivity contribution is 9.10. The van der Waals surface area contributed by atoms with Crippen molar-refractivity contribution >= 4 is 44.2 Å². The summed E-state index contributed by atoms with van der Waals surface area (Å²) in [7, 11) is 1.64. The number of fused-ring (bicyclic) bond motifs is 4. The molecule has 0 saturated heterocycles. The summed E-state index contributed by atoms with van der Waals surface area (Å²) in [4.78, 5) is 23.0. The first-order valence-corrected chi connectivity index (χ1v) is 9.64. The van der Waals surface area contributed by atoms with E-state index < -0.39 is 11.7 Å². The first-order chi connectivity index (χ1) is 14.0. The number of likely N-dealkylation sites (N-methyl/N-ethyl adjacent to an activating group) is 1. The highest BCUT2D eigenvalue weighted by Gasteiger charge is 2.33. The third kappa shape index (κ3) is 2.65. The Bertz CT molecular complexity index is 1310. The van der Waals surface area contributed by atoms with Crippen LogP contribution in [0.2, 0.25) is 0 Å². The van der Waals surface area contributed by atoms with Gasteiger partial charge in [0.25, 0.3) is 5.91 Å². The Labute approximate surface area is 173 Å². The van der Waals surface area contributed by atoms with Gasteiger partial charge in [-0.1, -0.05) is 12.1 Å². The Kier molecular flexibility index (Phi) is 3.95. The van der Waals surface area contributed by atoms with Gasteiger partial charge in [0.1, 0.15) is 29.5 Å². The number of hydrogen-bond donors (Lipinski definition) is 1. The Hall–Kier alpha value is -3.20. The van der Waals surface area contributed by atoms with Crippen molar-refractivity contribution in [3.8, 4) is 5.75 Å². The number of nitrogens with two attached hydrogens (primary N) is 1. The lowest BCUT2D eigenvalue weighted by molar-refractivity contribution is 0.0704. The molecule has 146 valence electrons. The number of rotatable bonds is 2. The zero-order valence-electron chi connectivity index (χ0n) is 15.3. The minimum absolute atomic E-state index is 0.0509. The Morgan fingerprint density at radius 1 is 1.38 bits per heavy atom. The molecule has 0 spiro atoms. The van der Waals surface area contributed by atoms with Crippen LogP contribution in [0.4, 0.5) is 10.2 Å². The second-order valence-electron chi connectivity index (χ2n) is 6.87. The van der Waals surface area contributed by atoms with Gasteiger partial charge in [-0.2, -0.15) is 0 Å². The average molecular weight is 456 g/mol. The van der Waals surface area contributed by atoms with Gasteiger partial charge in [-0.15, -0.1) is 0 Å². The summed E-state index contributed by atoms with van der Waals surface area (Å²) >= 11 is 3.46. The van der Waals surface area contributed by atoms with Crippen molar-refractivity contribution < 1.29 is 13.9 Å². The third-order valence-electron chi connectivity index (χ3n) is 5.23. The van der Waals surface area contributed by atoms with E-state index in [2.05, 4.69) is 25.9 Å². The molecule has 1 atom stereocenters. The largest absolute Gasteiger partial charge is 0.490 e. The molecule has 2 aromatic heterocycles. The molecule has 9 heteroatoms. The van der Waals surface area contributed by atoms with E-state index in [0.717, 1.165) is 10.0 Å². The number of amides is 1. The maximum Gasteiger partial charge on any atom is 0.257 e. The standard InChI is InChI=1S/C20H15BrFN5O2/c1-26(17-8-29-18-10(17)3-2-4-12(18)21)20(28)11-5-15-14(6-13(11)22)25-19(23)16-7-24-9-27(15)16/h2-7,9,17H,8H2,1H3,(H2,23,25)/t17-/m1/s1. The lowest BCUT2D eigenvalue weighted by Gasteiger charge is -2.24. The van der Waals surface area contributed by atoms with Gasteiger partial charge in [0.15, 0.2) is 0 Å². The second-order valence-corrected chi connectivity index (χ2v) is 7.72. The normalized spacial score (nSPS) is 15.5. The molecule has 4 aromatic rings. The van der Waals surface area contributed by atoms with Gasteiger partial charge in [-0.05, 0) is 28.1 Å². The summed E-state index contributed by atoms with van der Waals surface area (Å²) in [6.45, 7) is 0.305. The number of nitrogen functional groups attached to an aromatic ring is 1. The van der Waals surface area contributed by atoms with Gasteiger partial charge in [0.2, 0.25) is 0 Å². The molecule has 7 nitrogen and oxygen atoms in total. The molecule has 0 unspecified atom stereocenters. The van der Waals surface area contributed by atoms with Crippen LogP contribution in [-0.2, 0) is 0 Å². The van der Waals surface area contributed by atoms with Crippen LogP contribution in [0.25, 0.3) is 16.6 Å². The van der Waals surface area contributed by atoms with Gasteiger partial charge in [-0.25, -0.2) is 14.4 Å². The molecule has 0 radical (unpaired) electrons. The molecule has 0 bridgehead atoms. The van der Waals surface area contributed by atoms with Crippen LogP contribution in [0.3, 0.4) is 0 Å². The number of benzene rings is 2. The summed E-state index contributed by atoms with van der Waals surface area (Å²) in [5, 5.41) is 0. The molecular formula is C20H15BrFN5O2. The second kappa shape index (κ2) is 6.41. The molecule has 1 amide bonds. The maximum absolute atomic E-state index is 14.8. The van der Waals surface area contributed by atoms with Gasteiger partial charge in [0, 0.05) is 18.7 Å². The van der Waals surface area contributed by atoms with E-state index in [1.165, 1.54) is 17.0 Å². The number of carbonyl (C=O) groups excluding carboxylic acids is 1. The Balaban J connectivity index is 1.59. The molecule has 3 heterocycles. The first kappa shape index (κ1) is 17.9. The van der Waals surface area contributed by atoms with Crippen molar-refractivity contribution in [3.05, 3.63) is 64.3 Å². The van der Waals surface area contributed by atoms with Crippen molar-refractivity contribution in [2.75, 3.05) is 19.4 Å². The number of imidazole rings is 1. The van der Waals surface area contributed by atoms with E-state index in [4.69, 9.17) is 10.5 Å². The van der Waals surface area contributed by atoms with E-state index in [1.54, 1.807) is 24.0 Å². The minimum Gasteiger partial charge on any atom is -0.490 e. The van der Waals surface area contributed by atoms with Gasteiger partial charge in [0.05, 0.1) is 39.6 Å². The van der Waals surface area contributed by atoms with Crippen molar-refractivity contribution in [3.63, 3.8) is 0 Å². The summed E-state index contributed by atoms with van der Waals surface area (Å²) < 4.78 is 23.1. The predicted octanol–water partition coefficient (Wildman–Crippen LogP) is 3.57. The molecule has 0 saturated carbocycles. The van der Waals surface area contributed by atoms with Crippen LogP contribution in [0.15, 0.2) is 47.3 Å². The van der Waals surface area contributed by atoms with Crippen molar-refractivity contribution in [1.82, 2.24) is 19.3 Å². The number of ether oxygens (including phenoxy) is 1. The molecular weight excluding hydrogens is 441 g/mol. The zero-order chi connectivity index (χ0) is 20.3. The van der Waals surface area contributed by atoms with Gasteiger partial charge >= 0.3 is 0 Å². The van der Waals surface area contributed by atoms with E-state index in [1.807, 2.05) is 18.2 Å². The predicted molar refractivity (Wildman–Crippen MR) is 109 cm³/mol. The van der Waals surface area contributed by atoms with Crippen molar-refractivity contribution in [2.24, 2.45) is 0 Å². The quantitative estimate of drug-likeness (QED) is 0.499. The van der Waals surface area contributed by atoms with E-state index in [9.17, 15) is 9.18 Å². The Morgan fingerprint density at radius 2 is 2.21 bits per heavy atom. The van der Waals surface area contributed by atoms with Crippen molar-refractivity contribution in [1.29, 1.82) is 0 Å². The third-order valence-corrected chi connectivity index (χ3v) is 5.85. The molecule has 0 aliphatic carbocycles. The molecule has 0 fully saturated rings. The fourth-order valence-electron chi connectivity index (χ4n) is 3.71. The van der Waals surface area contributed by atoms with Crippen LogP contribution >= 0.6 is 15.9 Å². The highest BCUT2D eigenvalue weighted by atomic mass is 79.9. The molecule has 29 heavy (non-hydrogen) atoms. The summed E-state index contributed by atoms with van der Waals surface area (Å²) in [5.74, 6) is -0.156. The molecule has 5 rings (SSSR count). The number of nitrogens with zero attached hydrogens (tertiary/aromatic N) is 4. The minimum atomic E-state index is -0.658. The topological polar surface area (TPSA) is 85.8 Å². The maximum atomic E-state index is 14.8. The monoisotopic (exact) mass is 455 g/mol. The van der Waals surface area contributed by atoms with Crippen LogP contribution in [-0.4, -0.2) is 38.8 Å². The lowest BCUT2D eigenvalue weighted by atomic mass is 10.1. The number of carbonyl (C=O) groups is 1. The van der Waals surface area contributed by atoms with E-state index in [-0.39, 0.29) is 17.4 Å². The Morgan fingerprint density at radius 3 is 3.03 bits per heavy atom. The molecule has 1 aliphatic heterocycles. The summed E-state index contributed by atoms with van der Waals surface area (Å²) in [5.41, 5.74) is 8.24. The average Bonchev–Trinajstić information content (AvgIpc) is 3.35. The van der Waals surface area contributed by atoms with Crippen LogP contribution < -0.4 is 10.5 Å². The zero-order valence-corrected chi connectivity index (χ0v) is 16.9. The molecule has 2 N–H and O–H groups in total. The number of halogens is 2. The number of hydrogen-bond acceptors (Lipinski definition) is 5. The lowest BCUT2D eigenvalue weighted by Crippen LogP contribution is -2.32. The molecule has 1 aliphatic rings. The molecule has 2 aromatic carbocycles. The number of aromatic nitrogens is 3. The SMILES string of the molecule is CN(C(=O)c1cc2c(cc1F)nc(N)c1cncn12)[C@@H]1COc2c(Br)cccc21. The van der Waals surface area contributed by atoms with Crippen LogP contribution in [0.5, 0.6) is 5.75 Å². The first-order valence-electron chi connectivity index (χ1n) is 8.85. The fraction of sp³-hybridized carbons (Fsp3) is 0.150. The summed E-state index contributed by atoms with van der Waals surface area (Å²) in [6, 6.07) is 8.05. The van der Waals surface area contributed by atoms with Gasteiger partial charge < -0.3 is 15.4 Å². The smallest absolute Gasteiger partial charge is 0.257 e. The van der Waals surface area contributed by atoms with E-state index >= 15 is 0 Å². The number of anilines is 1. The fourth-order valence-corrected chi connectivity index (χ4v) is 4.20. The van der Waals surface area contributed by atoms with Crippen LogP contribution in [0.1, 0.15) is 22.0 Å².